The summed E-state index contributed by atoms with van der Waals surface area (Å²) in [6.45, 7) is 4.82. The summed E-state index contributed by atoms with van der Waals surface area (Å²) in [6, 6.07) is 15.3. The van der Waals surface area contributed by atoms with Crippen molar-refractivity contribution in [1.82, 2.24) is 0 Å². The van der Waals surface area contributed by atoms with Crippen LogP contribution >= 0.6 is 8.58 Å². The van der Waals surface area contributed by atoms with Crippen LogP contribution in [0.3, 0.4) is 0 Å². The van der Waals surface area contributed by atoms with Gasteiger partial charge in [-0.15, -0.1) is 0 Å². The minimum Gasteiger partial charge on any atom is -0.494 e. The summed E-state index contributed by atoms with van der Waals surface area (Å²) >= 11 is 0. The standard InChI is InChI=1S/C17H18O2P.Li/c1-3-11-19-15-9-10-16(13(2)12-15)20-17(18)14-7-5-4-6-8-14;/h4-10,12H,3,11H2,1-2H3;/q-1;+1. The molecule has 0 aromatic heterocycles. The molecule has 0 aliphatic rings. The molecule has 0 fully saturated rings. The van der Waals surface area contributed by atoms with Crippen LogP contribution in [0.2, 0.25) is 0 Å². The fraction of sp³-hybridized carbons (Fsp3) is 0.235. The van der Waals surface area contributed by atoms with Gasteiger partial charge >= 0.3 is 18.9 Å². The van der Waals surface area contributed by atoms with Gasteiger partial charge in [-0.3, -0.25) is 0 Å². The number of aryl methyl sites for hydroxylation is 1. The zero-order valence-electron chi connectivity index (χ0n) is 12.8. The van der Waals surface area contributed by atoms with Crippen LogP contribution in [0.4, 0.5) is 0 Å². The summed E-state index contributed by atoms with van der Waals surface area (Å²) in [5.74, 6) is 0.871. The molecule has 4 heteroatoms. The van der Waals surface area contributed by atoms with Crippen molar-refractivity contribution >= 4 is 19.4 Å². The van der Waals surface area contributed by atoms with Crippen molar-refractivity contribution in [1.29, 1.82) is 0 Å². The van der Waals surface area contributed by atoms with E-state index in [2.05, 4.69) is 6.92 Å². The molecule has 0 spiro atoms. The SMILES string of the molecule is CCCOc1ccc([P-]C(=O)c2ccccc2)c(C)c1.[Li+]. The van der Waals surface area contributed by atoms with E-state index < -0.39 is 0 Å². The van der Waals surface area contributed by atoms with Gasteiger partial charge in [-0.05, 0) is 31.0 Å². The van der Waals surface area contributed by atoms with Crippen LogP contribution in [-0.4, -0.2) is 12.1 Å². The first-order valence-corrected chi connectivity index (χ1v) is 7.64. The van der Waals surface area contributed by atoms with Gasteiger partial charge in [0, 0.05) is 5.52 Å². The van der Waals surface area contributed by atoms with Crippen molar-refractivity contribution in [2.75, 3.05) is 6.61 Å². The topological polar surface area (TPSA) is 26.3 Å². The predicted octanol–water partition coefficient (Wildman–Crippen LogP) is 1.20. The molecule has 104 valence electrons. The molecular formula is C17H18LiO2P. The molecule has 21 heavy (non-hydrogen) atoms. The van der Waals surface area contributed by atoms with Gasteiger partial charge in [0.15, 0.2) is 0 Å². The fourth-order valence-electron chi connectivity index (χ4n) is 1.82. The van der Waals surface area contributed by atoms with Crippen LogP contribution in [0.15, 0.2) is 48.5 Å². The van der Waals surface area contributed by atoms with Gasteiger partial charge in [0.2, 0.25) is 0 Å². The van der Waals surface area contributed by atoms with Crippen molar-refractivity contribution in [2.24, 2.45) is 0 Å². The number of ether oxygens (including phenoxy) is 1. The molecule has 0 aliphatic carbocycles. The van der Waals surface area contributed by atoms with Crippen LogP contribution in [0.5, 0.6) is 5.75 Å². The first-order chi connectivity index (χ1) is 9.70. The molecule has 0 saturated carbocycles. The first kappa shape index (κ1) is 18.0. The molecule has 2 aromatic rings. The van der Waals surface area contributed by atoms with E-state index >= 15 is 0 Å². The largest absolute Gasteiger partial charge is 1.00 e. The van der Waals surface area contributed by atoms with E-state index in [1.807, 2.05) is 55.5 Å². The second kappa shape index (κ2) is 9.06. The van der Waals surface area contributed by atoms with Crippen molar-refractivity contribution in [2.45, 2.75) is 20.3 Å². The van der Waals surface area contributed by atoms with Gasteiger partial charge in [-0.1, -0.05) is 48.9 Å². The number of benzene rings is 2. The molecule has 0 unspecified atom stereocenters. The molecule has 0 radical (unpaired) electrons. The number of carbonyl (C=O) groups is 1. The van der Waals surface area contributed by atoms with Crippen LogP contribution in [-0.2, 0) is 0 Å². The third-order valence-electron chi connectivity index (χ3n) is 2.88. The molecule has 2 aromatic carbocycles. The molecule has 2 nitrogen and oxygen atoms in total. The Balaban J connectivity index is 0.00000220. The Morgan fingerprint density at radius 2 is 1.86 bits per heavy atom. The molecule has 0 aliphatic heterocycles. The minimum absolute atomic E-state index is 0. The van der Waals surface area contributed by atoms with E-state index in [-0.39, 0.29) is 24.4 Å². The second-order valence-electron chi connectivity index (χ2n) is 4.58. The number of hydrogen-bond acceptors (Lipinski definition) is 2. The van der Waals surface area contributed by atoms with Crippen LogP contribution in [0, 0.1) is 6.92 Å². The fourth-order valence-corrected chi connectivity index (χ4v) is 2.70. The quantitative estimate of drug-likeness (QED) is 0.591. The van der Waals surface area contributed by atoms with Crippen molar-refractivity contribution in [3.63, 3.8) is 0 Å². The summed E-state index contributed by atoms with van der Waals surface area (Å²) in [6.07, 6.45) is 0.992. The molecule has 2 rings (SSSR count). The maximum Gasteiger partial charge on any atom is 1.00 e. The third kappa shape index (κ3) is 5.33. The maximum absolute atomic E-state index is 12.2. The minimum atomic E-state index is 0. The summed E-state index contributed by atoms with van der Waals surface area (Å²) in [7, 11) is 0.710. The average molecular weight is 292 g/mol. The average Bonchev–Trinajstić information content (AvgIpc) is 2.48. The van der Waals surface area contributed by atoms with E-state index in [0.717, 1.165) is 35.2 Å². The zero-order chi connectivity index (χ0) is 14.4. The van der Waals surface area contributed by atoms with Gasteiger partial charge in [0.25, 0.3) is 0 Å². The molecule has 0 amide bonds. The molecule has 0 N–H and O–H groups in total. The van der Waals surface area contributed by atoms with E-state index in [1.54, 1.807) is 0 Å². The van der Waals surface area contributed by atoms with Crippen LogP contribution < -0.4 is 28.9 Å². The molecule has 0 atom stereocenters. The van der Waals surface area contributed by atoms with Crippen LogP contribution in [0.25, 0.3) is 0 Å². The second-order valence-corrected chi connectivity index (χ2v) is 5.69. The van der Waals surface area contributed by atoms with Crippen LogP contribution in [0.1, 0.15) is 29.3 Å². The monoisotopic (exact) mass is 292 g/mol. The van der Waals surface area contributed by atoms with Crippen molar-refractivity contribution in [3.8, 4) is 5.75 Å². The van der Waals surface area contributed by atoms with E-state index in [1.165, 1.54) is 0 Å². The predicted molar refractivity (Wildman–Crippen MR) is 84.3 cm³/mol. The van der Waals surface area contributed by atoms with Crippen molar-refractivity contribution in [3.05, 3.63) is 59.7 Å². The Hall–Kier alpha value is -1.06. The number of hydrogen-bond donors (Lipinski definition) is 0. The molecule has 0 bridgehead atoms. The Labute approximate surface area is 140 Å². The Morgan fingerprint density at radius 3 is 2.48 bits per heavy atom. The first-order valence-electron chi connectivity index (χ1n) is 6.75. The van der Waals surface area contributed by atoms with Gasteiger partial charge in [-0.25, -0.2) is 0 Å². The molecule has 0 heterocycles. The number of rotatable bonds is 6. The summed E-state index contributed by atoms with van der Waals surface area (Å²) in [4.78, 5) is 12.2. The summed E-state index contributed by atoms with van der Waals surface area (Å²) in [5.41, 5.74) is 1.96. The Morgan fingerprint density at radius 1 is 1.14 bits per heavy atom. The number of carbonyl (C=O) groups excluding carboxylic acids is 1. The Kier molecular flexibility index (Phi) is 7.76. The smallest absolute Gasteiger partial charge is 0.494 e. The third-order valence-corrected chi connectivity index (χ3v) is 4.09. The zero-order valence-corrected chi connectivity index (χ0v) is 13.7. The van der Waals surface area contributed by atoms with Gasteiger partial charge in [0.05, 0.1) is 6.61 Å². The van der Waals surface area contributed by atoms with Gasteiger partial charge in [-0.2, -0.15) is 5.30 Å². The molecular weight excluding hydrogens is 274 g/mol. The Bertz CT molecular complexity index is 585. The summed E-state index contributed by atoms with van der Waals surface area (Å²) < 4.78 is 5.59. The normalized spacial score (nSPS) is 10.4. The van der Waals surface area contributed by atoms with Crippen molar-refractivity contribution < 1.29 is 28.4 Å². The molecule has 0 saturated heterocycles. The van der Waals surface area contributed by atoms with E-state index in [4.69, 9.17) is 4.74 Å². The van der Waals surface area contributed by atoms with Gasteiger partial charge in [0.1, 0.15) is 5.75 Å². The van der Waals surface area contributed by atoms with Gasteiger partial charge < -0.3 is 18.1 Å². The van der Waals surface area contributed by atoms with E-state index in [0.29, 0.717) is 8.58 Å². The van der Waals surface area contributed by atoms with E-state index in [9.17, 15) is 4.79 Å². The maximum atomic E-state index is 12.2. The summed E-state index contributed by atoms with van der Waals surface area (Å²) in [5, 5.41) is 1.03.